The van der Waals surface area contributed by atoms with E-state index < -0.39 is 6.10 Å². The van der Waals surface area contributed by atoms with Gasteiger partial charge < -0.3 is 10.0 Å². The Morgan fingerprint density at radius 3 is 2.55 bits per heavy atom. The number of aliphatic hydroxyl groups excluding tert-OH is 1. The Bertz CT molecular complexity index is 143. The summed E-state index contributed by atoms with van der Waals surface area (Å²) in [7, 11) is 0. The lowest BCUT2D eigenvalue weighted by Gasteiger charge is -2.27. The Morgan fingerprint density at radius 1 is 1.55 bits per heavy atom. The lowest BCUT2D eigenvalue weighted by atomic mass is 10.3. The van der Waals surface area contributed by atoms with Crippen molar-refractivity contribution in [3.8, 4) is 0 Å². The van der Waals surface area contributed by atoms with Gasteiger partial charge in [-0.1, -0.05) is 0 Å². The zero-order valence-corrected chi connectivity index (χ0v) is 7.43. The van der Waals surface area contributed by atoms with Gasteiger partial charge in [0.25, 0.3) is 5.91 Å². The third-order valence-electron chi connectivity index (χ3n) is 1.68. The molecule has 0 aromatic rings. The van der Waals surface area contributed by atoms with Gasteiger partial charge in [0.1, 0.15) is 6.10 Å². The van der Waals surface area contributed by atoms with Crippen molar-refractivity contribution in [3.63, 3.8) is 0 Å². The third kappa shape index (κ3) is 2.38. The Hall–Kier alpha value is -0.220. The van der Waals surface area contributed by atoms with Crippen molar-refractivity contribution in [2.75, 3.05) is 24.6 Å². The SMILES string of the molecule is CC(O)C(=O)N1CCSCC1. The zero-order valence-electron chi connectivity index (χ0n) is 6.62. The second kappa shape index (κ2) is 3.97. The standard InChI is InChI=1S/C7H13NO2S/c1-6(9)7(10)8-2-4-11-5-3-8/h6,9H,2-5H2,1H3. The van der Waals surface area contributed by atoms with Gasteiger partial charge in [0, 0.05) is 24.6 Å². The molecule has 3 nitrogen and oxygen atoms in total. The summed E-state index contributed by atoms with van der Waals surface area (Å²) < 4.78 is 0. The minimum Gasteiger partial charge on any atom is -0.384 e. The van der Waals surface area contributed by atoms with Gasteiger partial charge in [0.15, 0.2) is 0 Å². The van der Waals surface area contributed by atoms with E-state index in [0.29, 0.717) is 0 Å². The quantitative estimate of drug-likeness (QED) is 0.607. The van der Waals surface area contributed by atoms with Crippen molar-refractivity contribution in [1.29, 1.82) is 0 Å². The van der Waals surface area contributed by atoms with E-state index >= 15 is 0 Å². The van der Waals surface area contributed by atoms with Gasteiger partial charge in [-0.2, -0.15) is 11.8 Å². The molecule has 1 unspecified atom stereocenters. The molecule has 1 heterocycles. The van der Waals surface area contributed by atoms with Crippen molar-refractivity contribution >= 4 is 17.7 Å². The number of carbonyl (C=O) groups excluding carboxylic acids is 1. The average Bonchev–Trinajstić information content (AvgIpc) is 2.05. The molecule has 11 heavy (non-hydrogen) atoms. The molecule has 1 aliphatic heterocycles. The molecule has 1 N–H and O–H groups in total. The van der Waals surface area contributed by atoms with Crippen molar-refractivity contribution in [3.05, 3.63) is 0 Å². The molecule has 0 aromatic carbocycles. The predicted molar refractivity (Wildman–Crippen MR) is 45.6 cm³/mol. The van der Waals surface area contributed by atoms with E-state index in [9.17, 15) is 4.79 Å². The molecule has 0 aliphatic carbocycles. The van der Waals surface area contributed by atoms with Crippen LogP contribution in [-0.4, -0.2) is 46.6 Å². The van der Waals surface area contributed by atoms with Gasteiger partial charge in [-0.3, -0.25) is 4.79 Å². The van der Waals surface area contributed by atoms with Gasteiger partial charge in [-0.15, -0.1) is 0 Å². The molecule has 1 saturated heterocycles. The maximum absolute atomic E-state index is 11.2. The fourth-order valence-electron chi connectivity index (χ4n) is 1.05. The third-order valence-corrected chi connectivity index (χ3v) is 2.62. The number of amides is 1. The van der Waals surface area contributed by atoms with E-state index in [-0.39, 0.29) is 5.91 Å². The monoisotopic (exact) mass is 175 g/mol. The summed E-state index contributed by atoms with van der Waals surface area (Å²) in [5.74, 6) is 1.86. The predicted octanol–water partition coefficient (Wildman–Crippen LogP) is -0.0574. The molecule has 1 amide bonds. The van der Waals surface area contributed by atoms with Crippen LogP contribution in [0.5, 0.6) is 0 Å². The second-order valence-corrected chi connectivity index (χ2v) is 3.84. The molecule has 0 aromatic heterocycles. The Balaban J connectivity index is 2.39. The van der Waals surface area contributed by atoms with Crippen LogP contribution in [-0.2, 0) is 4.79 Å². The van der Waals surface area contributed by atoms with E-state index in [2.05, 4.69) is 0 Å². The molecular formula is C7H13NO2S. The van der Waals surface area contributed by atoms with Crippen LogP contribution in [0.2, 0.25) is 0 Å². The molecule has 1 aliphatic rings. The summed E-state index contributed by atoms with van der Waals surface area (Å²) in [6.07, 6.45) is -0.835. The van der Waals surface area contributed by atoms with E-state index in [1.807, 2.05) is 11.8 Å². The van der Waals surface area contributed by atoms with Crippen LogP contribution < -0.4 is 0 Å². The first-order chi connectivity index (χ1) is 5.22. The number of hydrogen-bond donors (Lipinski definition) is 1. The van der Waals surface area contributed by atoms with Crippen molar-refractivity contribution in [1.82, 2.24) is 4.90 Å². The summed E-state index contributed by atoms with van der Waals surface area (Å²) >= 11 is 1.85. The van der Waals surface area contributed by atoms with Crippen LogP contribution in [0.25, 0.3) is 0 Å². The lowest BCUT2D eigenvalue weighted by molar-refractivity contribution is -0.138. The highest BCUT2D eigenvalue weighted by molar-refractivity contribution is 7.99. The smallest absolute Gasteiger partial charge is 0.251 e. The van der Waals surface area contributed by atoms with Gasteiger partial charge in [-0.25, -0.2) is 0 Å². The minimum atomic E-state index is -0.835. The summed E-state index contributed by atoms with van der Waals surface area (Å²) in [5.41, 5.74) is 0. The number of hydrogen-bond acceptors (Lipinski definition) is 3. The highest BCUT2D eigenvalue weighted by atomic mass is 32.2. The van der Waals surface area contributed by atoms with Gasteiger partial charge in [-0.05, 0) is 6.92 Å². The van der Waals surface area contributed by atoms with E-state index in [4.69, 9.17) is 5.11 Å². The second-order valence-electron chi connectivity index (χ2n) is 2.61. The first-order valence-corrected chi connectivity index (χ1v) is 4.92. The first-order valence-electron chi connectivity index (χ1n) is 3.76. The van der Waals surface area contributed by atoms with Crippen molar-refractivity contribution < 1.29 is 9.90 Å². The van der Waals surface area contributed by atoms with E-state index in [1.54, 1.807) is 4.90 Å². The Morgan fingerprint density at radius 2 is 2.09 bits per heavy atom. The molecule has 1 rings (SSSR count). The Kier molecular flexibility index (Phi) is 3.20. The summed E-state index contributed by atoms with van der Waals surface area (Å²) in [6.45, 7) is 3.09. The molecule has 0 saturated carbocycles. The van der Waals surface area contributed by atoms with Gasteiger partial charge in [0.05, 0.1) is 0 Å². The maximum Gasteiger partial charge on any atom is 0.251 e. The summed E-state index contributed by atoms with van der Waals surface area (Å²) in [5, 5.41) is 8.98. The average molecular weight is 175 g/mol. The fourth-order valence-corrected chi connectivity index (χ4v) is 1.95. The molecule has 0 radical (unpaired) electrons. The van der Waals surface area contributed by atoms with Crippen molar-refractivity contribution in [2.24, 2.45) is 0 Å². The highest BCUT2D eigenvalue weighted by Crippen LogP contribution is 2.09. The fraction of sp³-hybridized carbons (Fsp3) is 0.857. The van der Waals surface area contributed by atoms with E-state index in [0.717, 1.165) is 24.6 Å². The molecule has 0 bridgehead atoms. The molecule has 1 fully saturated rings. The van der Waals surface area contributed by atoms with Gasteiger partial charge >= 0.3 is 0 Å². The van der Waals surface area contributed by atoms with Crippen LogP contribution in [0, 0.1) is 0 Å². The normalized spacial score (nSPS) is 21.5. The van der Waals surface area contributed by atoms with Crippen molar-refractivity contribution in [2.45, 2.75) is 13.0 Å². The molecule has 0 spiro atoms. The molecule has 64 valence electrons. The Labute approximate surface area is 70.8 Å². The molecule has 1 atom stereocenters. The minimum absolute atomic E-state index is 0.134. The van der Waals surface area contributed by atoms with Gasteiger partial charge in [0.2, 0.25) is 0 Å². The number of thioether (sulfide) groups is 1. The van der Waals surface area contributed by atoms with Crippen LogP contribution >= 0.6 is 11.8 Å². The summed E-state index contributed by atoms with van der Waals surface area (Å²) in [6, 6.07) is 0. The van der Waals surface area contributed by atoms with E-state index in [1.165, 1.54) is 6.92 Å². The van der Waals surface area contributed by atoms with Crippen LogP contribution in [0.4, 0.5) is 0 Å². The van der Waals surface area contributed by atoms with Crippen LogP contribution in [0.15, 0.2) is 0 Å². The highest BCUT2D eigenvalue weighted by Gasteiger charge is 2.19. The molecule has 4 heteroatoms. The number of nitrogens with zero attached hydrogens (tertiary/aromatic N) is 1. The maximum atomic E-state index is 11.2. The number of aliphatic hydroxyl groups is 1. The van der Waals surface area contributed by atoms with Crippen LogP contribution in [0.1, 0.15) is 6.92 Å². The number of carbonyl (C=O) groups is 1. The summed E-state index contributed by atoms with van der Waals surface area (Å²) in [4.78, 5) is 12.9. The lowest BCUT2D eigenvalue weighted by Crippen LogP contribution is -2.42. The molecular weight excluding hydrogens is 162 g/mol. The first kappa shape index (κ1) is 8.87. The zero-order chi connectivity index (χ0) is 8.27. The topological polar surface area (TPSA) is 40.5 Å². The largest absolute Gasteiger partial charge is 0.384 e. The van der Waals surface area contributed by atoms with Crippen LogP contribution in [0.3, 0.4) is 0 Å². The number of rotatable bonds is 1.